The van der Waals surface area contributed by atoms with Crippen molar-refractivity contribution in [1.29, 1.82) is 0 Å². The quantitative estimate of drug-likeness (QED) is 0.669. The number of benzene rings is 2. The van der Waals surface area contributed by atoms with E-state index in [1.54, 1.807) is 6.07 Å². The highest BCUT2D eigenvalue weighted by molar-refractivity contribution is 5.79. The van der Waals surface area contributed by atoms with Crippen LogP contribution in [0.1, 0.15) is 12.0 Å². The zero-order valence-electron chi connectivity index (χ0n) is 16.4. The van der Waals surface area contributed by atoms with E-state index in [2.05, 4.69) is 46.0 Å². The summed E-state index contributed by atoms with van der Waals surface area (Å²) in [7, 11) is 0. The van der Waals surface area contributed by atoms with Gasteiger partial charge in [0.05, 0.1) is 6.61 Å². The van der Waals surface area contributed by atoms with Crippen LogP contribution in [0.4, 0.5) is 5.69 Å². The Bertz CT molecular complexity index is 990. The molecule has 0 bridgehead atoms. The Morgan fingerprint density at radius 2 is 1.86 bits per heavy atom. The lowest BCUT2D eigenvalue weighted by Gasteiger charge is -2.36. The van der Waals surface area contributed by atoms with E-state index in [4.69, 9.17) is 4.74 Å². The summed E-state index contributed by atoms with van der Waals surface area (Å²) in [6.45, 7) is 8.25. The van der Waals surface area contributed by atoms with Gasteiger partial charge in [-0.1, -0.05) is 12.1 Å². The fourth-order valence-corrected chi connectivity index (χ4v) is 3.75. The van der Waals surface area contributed by atoms with Gasteiger partial charge in [-0.25, -0.2) is 0 Å². The van der Waals surface area contributed by atoms with Crippen molar-refractivity contribution in [3.05, 3.63) is 70.5 Å². The molecule has 0 amide bonds. The highest BCUT2D eigenvalue weighted by Crippen LogP contribution is 2.19. The van der Waals surface area contributed by atoms with Crippen molar-refractivity contribution >= 4 is 16.6 Å². The third kappa shape index (κ3) is 4.54. The topological polar surface area (TPSA) is 48.6 Å². The van der Waals surface area contributed by atoms with Crippen LogP contribution in [0.25, 0.3) is 10.9 Å². The van der Waals surface area contributed by atoms with Crippen molar-refractivity contribution in [1.82, 2.24) is 9.88 Å². The lowest BCUT2D eigenvalue weighted by atomic mass is 10.2. The zero-order valence-corrected chi connectivity index (χ0v) is 16.4. The van der Waals surface area contributed by atoms with Crippen molar-refractivity contribution in [2.24, 2.45) is 0 Å². The number of fused-ring (bicyclic) bond motifs is 1. The molecule has 0 atom stereocenters. The van der Waals surface area contributed by atoms with Gasteiger partial charge in [-0.2, -0.15) is 0 Å². The minimum absolute atomic E-state index is 0.0799. The molecular weight excluding hydrogens is 350 g/mol. The van der Waals surface area contributed by atoms with Crippen LogP contribution in [0.15, 0.2) is 59.4 Å². The fourth-order valence-electron chi connectivity index (χ4n) is 3.75. The van der Waals surface area contributed by atoms with E-state index in [9.17, 15) is 4.79 Å². The largest absolute Gasteiger partial charge is 0.494 e. The third-order valence-electron chi connectivity index (χ3n) is 5.32. The van der Waals surface area contributed by atoms with Gasteiger partial charge >= 0.3 is 0 Å². The molecule has 1 aromatic heterocycles. The number of hydrogen-bond acceptors (Lipinski definition) is 4. The first-order valence-electron chi connectivity index (χ1n) is 9.97. The summed E-state index contributed by atoms with van der Waals surface area (Å²) in [5.74, 6) is 0.851. The highest BCUT2D eigenvalue weighted by Gasteiger charge is 2.16. The maximum atomic E-state index is 11.4. The van der Waals surface area contributed by atoms with Crippen molar-refractivity contribution in [2.45, 2.75) is 13.3 Å². The van der Waals surface area contributed by atoms with Crippen LogP contribution in [0, 0.1) is 6.92 Å². The number of anilines is 1. The first-order valence-corrected chi connectivity index (χ1v) is 9.97. The minimum Gasteiger partial charge on any atom is -0.494 e. The molecule has 5 nitrogen and oxygen atoms in total. The predicted octanol–water partition coefficient (Wildman–Crippen LogP) is 3.43. The molecule has 146 valence electrons. The first-order chi connectivity index (χ1) is 13.7. The van der Waals surface area contributed by atoms with Gasteiger partial charge in [-0.05, 0) is 55.3 Å². The number of hydrogen-bond donors (Lipinski definition) is 1. The SMILES string of the molecule is Cc1cccc(N2CCN(CCCOc3ccc4[nH]c(=O)ccc4c3)CC2)c1. The predicted molar refractivity (Wildman–Crippen MR) is 115 cm³/mol. The van der Waals surface area contributed by atoms with E-state index in [1.165, 1.54) is 11.3 Å². The van der Waals surface area contributed by atoms with Gasteiger partial charge < -0.3 is 14.6 Å². The molecule has 1 saturated heterocycles. The molecule has 0 aliphatic carbocycles. The number of piperazine rings is 1. The van der Waals surface area contributed by atoms with E-state index >= 15 is 0 Å². The maximum Gasteiger partial charge on any atom is 0.248 e. The molecule has 3 aromatic rings. The molecule has 0 spiro atoms. The van der Waals surface area contributed by atoms with Crippen LogP contribution in [0.2, 0.25) is 0 Å². The number of aromatic nitrogens is 1. The number of nitrogens with one attached hydrogen (secondary N) is 1. The normalized spacial score (nSPS) is 15.1. The van der Waals surface area contributed by atoms with E-state index in [1.807, 2.05) is 24.3 Å². The summed E-state index contributed by atoms with van der Waals surface area (Å²) < 4.78 is 5.91. The highest BCUT2D eigenvalue weighted by atomic mass is 16.5. The molecule has 0 saturated carbocycles. The number of H-pyrrole nitrogens is 1. The number of nitrogens with zero attached hydrogens (tertiary/aromatic N) is 2. The standard InChI is InChI=1S/C23H27N3O2/c1-18-4-2-5-20(16-18)26-13-11-25(12-14-26)10-3-15-28-21-7-8-22-19(17-21)6-9-23(27)24-22/h2,4-9,16-17H,3,10-15H2,1H3,(H,24,27). The van der Waals surface area contributed by atoms with Crippen molar-refractivity contribution in [2.75, 3.05) is 44.2 Å². The molecule has 1 N–H and O–H groups in total. The Morgan fingerprint density at radius 3 is 2.68 bits per heavy atom. The van der Waals surface area contributed by atoms with Gasteiger partial charge in [0.15, 0.2) is 0 Å². The van der Waals surface area contributed by atoms with Crippen LogP contribution >= 0.6 is 0 Å². The molecule has 1 fully saturated rings. The molecule has 1 aliphatic rings. The summed E-state index contributed by atoms with van der Waals surface area (Å²) in [6.07, 6.45) is 1.01. The van der Waals surface area contributed by atoms with Crippen molar-refractivity contribution in [3.8, 4) is 5.75 Å². The van der Waals surface area contributed by atoms with Gasteiger partial charge in [0.25, 0.3) is 0 Å². The number of ether oxygens (including phenoxy) is 1. The minimum atomic E-state index is -0.0799. The molecule has 0 unspecified atom stereocenters. The van der Waals surface area contributed by atoms with Crippen LogP contribution in [-0.4, -0.2) is 49.2 Å². The summed E-state index contributed by atoms with van der Waals surface area (Å²) in [6, 6.07) is 17.9. The average molecular weight is 377 g/mol. The Morgan fingerprint density at radius 1 is 1.00 bits per heavy atom. The molecule has 28 heavy (non-hydrogen) atoms. The summed E-state index contributed by atoms with van der Waals surface area (Å²) in [4.78, 5) is 19.2. The smallest absolute Gasteiger partial charge is 0.248 e. The summed E-state index contributed by atoms with van der Waals surface area (Å²) >= 11 is 0. The van der Waals surface area contributed by atoms with Gasteiger partial charge in [0.1, 0.15) is 5.75 Å². The molecule has 4 rings (SSSR count). The number of aromatic amines is 1. The average Bonchev–Trinajstić information content (AvgIpc) is 2.72. The fraction of sp³-hybridized carbons (Fsp3) is 0.348. The summed E-state index contributed by atoms with van der Waals surface area (Å²) in [5.41, 5.74) is 3.41. The van der Waals surface area contributed by atoms with E-state index in [-0.39, 0.29) is 5.56 Å². The molecule has 5 heteroatoms. The van der Waals surface area contributed by atoms with Gasteiger partial charge in [0.2, 0.25) is 5.56 Å². The lowest BCUT2D eigenvalue weighted by Crippen LogP contribution is -2.46. The van der Waals surface area contributed by atoms with Crippen LogP contribution < -0.4 is 15.2 Å². The van der Waals surface area contributed by atoms with Gasteiger partial charge in [0, 0.05) is 55.4 Å². The molecule has 2 aromatic carbocycles. The first kappa shape index (κ1) is 18.6. The van der Waals surface area contributed by atoms with Gasteiger partial charge in [-0.15, -0.1) is 0 Å². The second-order valence-corrected chi connectivity index (χ2v) is 7.44. The summed E-state index contributed by atoms with van der Waals surface area (Å²) in [5, 5.41) is 0.990. The molecule has 0 radical (unpaired) electrons. The molecule has 2 heterocycles. The van der Waals surface area contributed by atoms with Crippen LogP contribution in [0.3, 0.4) is 0 Å². The second kappa shape index (κ2) is 8.48. The Labute approximate surface area is 165 Å². The molecular formula is C23H27N3O2. The second-order valence-electron chi connectivity index (χ2n) is 7.44. The van der Waals surface area contributed by atoms with Crippen molar-refractivity contribution < 1.29 is 4.74 Å². The van der Waals surface area contributed by atoms with E-state index in [0.29, 0.717) is 6.61 Å². The van der Waals surface area contributed by atoms with Crippen LogP contribution in [-0.2, 0) is 0 Å². The van der Waals surface area contributed by atoms with Crippen LogP contribution in [0.5, 0.6) is 5.75 Å². The van der Waals surface area contributed by atoms with E-state index < -0.39 is 0 Å². The Hall–Kier alpha value is -2.79. The number of rotatable bonds is 6. The Kier molecular flexibility index (Phi) is 5.63. The number of pyridine rings is 1. The maximum absolute atomic E-state index is 11.4. The Balaban J connectivity index is 1.21. The lowest BCUT2D eigenvalue weighted by molar-refractivity contribution is 0.225. The zero-order chi connectivity index (χ0) is 19.3. The third-order valence-corrected chi connectivity index (χ3v) is 5.32. The monoisotopic (exact) mass is 377 g/mol. The van der Waals surface area contributed by atoms with E-state index in [0.717, 1.165) is 55.8 Å². The van der Waals surface area contributed by atoms with Crippen molar-refractivity contribution in [3.63, 3.8) is 0 Å². The number of aryl methyl sites for hydroxylation is 1. The van der Waals surface area contributed by atoms with Gasteiger partial charge in [-0.3, -0.25) is 9.69 Å². The molecule has 1 aliphatic heterocycles.